The predicted molar refractivity (Wildman–Crippen MR) is 126 cm³/mol. The maximum atomic E-state index is 12.9. The minimum atomic E-state index is -0.953. The van der Waals surface area contributed by atoms with Gasteiger partial charge in [-0.3, -0.25) is 14.4 Å². The van der Waals surface area contributed by atoms with Gasteiger partial charge < -0.3 is 15.6 Å². The fourth-order valence-corrected chi connectivity index (χ4v) is 4.58. The van der Waals surface area contributed by atoms with E-state index in [0.717, 1.165) is 16.7 Å². The molecule has 7 nitrogen and oxygen atoms in total. The maximum Gasteiger partial charge on any atom is 0.257 e. The highest BCUT2D eigenvalue weighted by atomic mass is 35.5. The lowest BCUT2D eigenvalue weighted by molar-refractivity contribution is -0.123. The molecular weight excluding hydrogens is 448 g/mol. The molecule has 0 radical (unpaired) electrons. The van der Waals surface area contributed by atoms with E-state index < -0.39 is 17.4 Å². The number of rotatable bonds is 5. The van der Waals surface area contributed by atoms with E-state index in [0.29, 0.717) is 21.6 Å². The van der Waals surface area contributed by atoms with Crippen molar-refractivity contribution in [1.82, 2.24) is 9.97 Å². The summed E-state index contributed by atoms with van der Waals surface area (Å²) in [4.78, 5) is 45.2. The number of H-pyrrole nitrogens is 1. The van der Waals surface area contributed by atoms with Gasteiger partial charge in [0.25, 0.3) is 5.56 Å². The van der Waals surface area contributed by atoms with Crippen LogP contribution in [0.1, 0.15) is 34.6 Å². The lowest BCUT2D eigenvalue weighted by Gasteiger charge is -2.23. The largest absolute Gasteiger partial charge is 0.325 e. The van der Waals surface area contributed by atoms with Crippen LogP contribution in [0.3, 0.4) is 0 Å². The first-order chi connectivity index (χ1) is 15.3. The number of aromatic nitrogens is 2. The summed E-state index contributed by atoms with van der Waals surface area (Å²) >= 11 is 7.49. The van der Waals surface area contributed by atoms with Gasteiger partial charge in [0.15, 0.2) is 5.16 Å². The quantitative estimate of drug-likeness (QED) is 0.380. The lowest BCUT2D eigenvalue weighted by Crippen LogP contribution is -2.36. The maximum absolute atomic E-state index is 12.9. The van der Waals surface area contributed by atoms with E-state index in [1.54, 1.807) is 18.2 Å². The second kappa shape index (κ2) is 9.18. The Bertz CT molecular complexity index is 1270. The number of hydrogen-bond acceptors (Lipinski definition) is 5. The number of thioether (sulfide) groups is 1. The highest BCUT2D eigenvalue weighted by Crippen LogP contribution is 2.31. The van der Waals surface area contributed by atoms with Crippen molar-refractivity contribution in [3.05, 3.63) is 80.1 Å². The number of fused-ring (bicyclic) bond motifs is 1. The van der Waals surface area contributed by atoms with Crippen LogP contribution in [0.15, 0.2) is 52.4 Å². The molecule has 9 heteroatoms. The first-order valence-electron chi connectivity index (χ1n) is 10.00. The van der Waals surface area contributed by atoms with Gasteiger partial charge in [0.2, 0.25) is 11.8 Å². The molecule has 1 aromatic heterocycles. The van der Waals surface area contributed by atoms with Crippen LogP contribution in [0.4, 0.5) is 11.5 Å². The SMILES string of the molecule is Cc1ccc(NC(=O)[C@H]2CC(=O)Nc3nc(SCc4ccccc4C)[nH]c(=O)c32)cc1Cl. The van der Waals surface area contributed by atoms with E-state index >= 15 is 0 Å². The van der Waals surface area contributed by atoms with E-state index in [-0.39, 0.29) is 23.7 Å². The van der Waals surface area contributed by atoms with E-state index in [1.807, 2.05) is 38.1 Å². The predicted octanol–water partition coefficient (Wildman–Crippen LogP) is 4.40. The summed E-state index contributed by atoms with van der Waals surface area (Å²) in [5.41, 5.74) is 3.35. The topological polar surface area (TPSA) is 104 Å². The Hall–Kier alpha value is -3.10. The zero-order valence-electron chi connectivity index (χ0n) is 17.5. The number of aromatic amines is 1. The van der Waals surface area contributed by atoms with Crippen LogP contribution in [0.25, 0.3) is 0 Å². The molecule has 2 heterocycles. The second-order valence-electron chi connectivity index (χ2n) is 7.61. The third-order valence-electron chi connectivity index (χ3n) is 5.31. The van der Waals surface area contributed by atoms with Gasteiger partial charge in [-0.05, 0) is 42.7 Å². The van der Waals surface area contributed by atoms with Crippen molar-refractivity contribution < 1.29 is 9.59 Å². The van der Waals surface area contributed by atoms with Crippen molar-refractivity contribution in [3.8, 4) is 0 Å². The Morgan fingerprint density at radius 1 is 1.19 bits per heavy atom. The van der Waals surface area contributed by atoms with E-state index in [1.165, 1.54) is 11.8 Å². The van der Waals surface area contributed by atoms with Gasteiger partial charge in [-0.15, -0.1) is 0 Å². The van der Waals surface area contributed by atoms with Crippen LogP contribution in [0.5, 0.6) is 0 Å². The second-order valence-corrected chi connectivity index (χ2v) is 8.98. The fraction of sp³-hybridized carbons (Fsp3) is 0.217. The number of carbonyl (C=O) groups is 2. The molecular formula is C23H21ClN4O3S. The van der Waals surface area contributed by atoms with E-state index in [4.69, 9.17) is 11.6 Å². The van der Waals surface area contributed by atoms with Crippen molar-refractivity contribution in [2.45, 2.75) is 37.1 Å². The summed E-state index contributed by atoms with van der Waals surface area (Å²) in [5, 5.41) is 6.27. The van der Waals surface area contributed by atoms with Gasteiger partial charge in [0.1, 0.15) is 5.82 Å². The molecule has 0 saturated carbocycles. The molecule has 0 saturated heterocycles. The lowest BCUT2D eigenvalue weighted by atomic mass is 9.92. The molecule has 1 aliphatic heterocycles. The number of amides is 2. The summed E-state index contributed by atoms with van der Waals surface area (Å²) in [5.74, 6) is -1.05. The Labute approximate surface area is 194 Å². The highest BCUT2D eigenvalue weighted by molar-refractivity contribution is 7.98. The summed E-state index contributed by atoms with van der Waals surface area (Å²) in [6.07, 6.45) is -0.140. The summed E-state index contributed by atoms with van der Waals surface area (Å²) in [7, 11) is 0. The number of anilines is 2. The minimum Gasteiger partial charge on any atom is -0.325 e. The number of aryl methyl sites for hydroxylation is 2. The number of nitrogens with one attached hydrogen (secondary N) is 3. The molecule has 3 aromatic rings. The van der Waals surface area contributed by atoms with Crippen LogP contribution in [-0.2, 0) is 15.3 Å². The smallest absolute Gasteiger partial charge is 0.257 e. The summed E-state index contributed by atoms with van der Waals surface area (Å²) in [6.45, 7) is 3.87. The van der Waals surface area contributed by atoms with E-state index in [9.17, 15) is 14.4 Å². The Morgan fingerprint density at radius 3 is 2.72 bits per heavy atom. The third kappa shape index (κ3) is 4.71. The number of nitrogens with zero attached hydrogens (tertiary/aromatic N) is 1. The molecule has 0 spiro atoms. The molecule has 0 aliphatic carbocycles. The van der Waals surface area contributed by atoms with Crippen LogP contribution in [-0.4, -0.2) is 21.8 Å². The number of halogens is 1. The van der Waals surface area contributed by atoms with Crippen LogP contribution >= 0.6 is 23.4 Å². The van der Waals surface area contributed by atoms with Crippen LogP contribution in [0, 0.1) is 13.8 Å². The molecule has 32 heavy (non-hydrogen) atoms. The Morgan fingerprint density at radius 2 is 1.97 bits per heavy atom. The van der Waals surface area contributed by atoms with Crippen LogP contribution < -0.4 is 16.2 Å². The average molecular weight is 469 g/mol. The molecule has 164 valence electrons. The highest BCUT2D eigenvalue weighted by Gasteiger charge is 2.34. The molecule has 0 unspecified atom stereocenters. The molecule has 1 aliphatic rings. The summed E-state index contributed by atoms with van der Waals surface area (Å²) < 4.78 is 0. The van der Waals surface area contributed by atoms with Crippen molar-refractivity contribution >= 4 is 46.7 Å². The van der Waals surface area contributed by atoms with Crippen molar-refractivity contribution in [1.29, 1.82) is 0 Å². The van der Waals surface area contributed by atoms with E-state index in [2.05, 4.69) is 20.6 Å². The van der Waals surface area contributed by atoms with Gasteiger partial charge >= 0.3 is 0 Å². The number of benzene rings is 2. The zero-order chi connectivity index (χ0) is 22.8. The third-order valence-corrected chi connectivity index (χ3v) is 6.64. The monoisotopic (exact) mass is 468 g/mol. The van der Waals surface area contributed by atoms with Crippen molar-refractivity contribution in [2.24, 2.45) is 0 Å². The molecule has 0 bridgehead atoms. The van der Waals surface area contributed by atoms with Crippen LogP contribution in [0.2, 0.25) is 5.02 Å². The number of carbonyl (C=O) groups excluding carboxylic acids is 2. The molecule has 0 fully saturated rings. The van der Waals surface area contributed by atoms with Crippen molar-refractivity contribution in [2.75, 3.05) is 10.6 Å². The van der Waals surface area contributed by atoms with Crippen molar-refractivity contribution in [3.63, 3.8) is 0 Å². The summed E-state index contributed by atoms with van der Waals surface area (Å²) in [6, 6.07) is 13.1. The van der Waals surface area contributed by atoms with Gasteiger partial charge in [0, 0.05) is 22.9 Å². The molecule has 2 amide bonds. The number of hydrogen-bond donors (Lipinski definition) is 3. The normalized spacial score (nSPS) is 15.1. The minimum absolute atomic E-state index is 0.124. The van der Waals surface area contributed by atoms with Gasteiger partial charge in [-0.1, -0.05) is 53.7 Å². The van der Waals surface area contributed by atoms with Gasteiger partial charge in [0.05, 0.1) is 11.5 Å². The fourth-order valence-electron chi connectivity index (χ4n) is 3.46. The molecule has 1 atom stereocenters. The van der Waals surface area contributed by atoms with Gasteiger partial charge in [-0.2, -0.15) is 0 Å². The Balaban J connectivity index is 1.58. The molecule has 3 N–H and O–H groups in total. The molecule has 4 rings (SSSR count). The van der Waals surface area contributed by atoms with Gasteiger partial charge in [-0.25, -0.2) is 4.98 Å². The average Bonchev–Trinajstić information content (AvgIpc) is 2.75. The first kappa shape index (κ1) is 22.1. The first-order valence-corrected chi connectivity index (χ1v) is 11.4. The molecule has 2 aromatic carbocycles. The Kier molecular flexibility index (Phi) is 6.34. The standard InChI is InChI=1S/C23H21ClN4O3S/c1-12-5-3-4-6-14(12)11-32-23-27-20-19(22(31)28-23)16(10-18(29)26-20)21(30)25-15-8-7-13(2)17(24)9-15/h3-9,16H,10-11H2,1-2H3,(H,25,30)(H2,26,27,28,29,31)/t16-/m0/s1. The zero-order valence-corrected chi connectivity index (χ0v) is 19.1.